The van der Waals surface area contributed by atoms with Crippen molar-refractivity contribution >= 4 is 0 Å². The van der Waals surface area contributed by atoms with Gasteiger partial charge in [-0.15, -0.1) is 0 Å². The summed E-state index contributed by atoms with van der Waals surface area (Å²) in [5.74, 6) is 2.12. The third kappa shape index (κ3) is 4.37. The topological polar surface area (TPSA) is 71.2 Å². The molecule has 0 spiro atoms. The molecule has 19 heavy (non-hydrogen) atoms. The van der Waals surface area contributed by atoms with E-state index in [1.807, 2.05) is 12.1 Å². The fourth-order valence-corrected chi connectivity index (χ4v) is 1.70. The molecule has 2 rings (SSSR count). The minimum Gasteiger partial charge on any atom is -0.508 e. The Bertz CT molecular complexity index is 506. The second kappa shape index (κ2) is 6.33. The van der Waals surface area contributed by atoms with Crippen LogP contribution in [-0.4, -0.2) is 21.8 Å². The summed E-state index contributed by atoms with van der Waals surface area (Å²) in [6.07, 6.45) is 0.605. The number of hydrogen-bond acceptors (Lipinski definition) is 5. The van der Waals surface area contributed by atoms with Crippen LogP contribution in [0.4, 0.5) is 0 Å². The highest BCUT2D eigenvalue weighted by molar-refractivity contribution is 5.27. The van der Waals surface area contributed by atoms with Crippen molar-refractivity contribution in [3.8, 4) is 5.75 Å². The van der Waals surface area contributed by atoms with E-state index < -0.39 is 0 Å². The molecule has 0 radical (unpaired) electrons. The highest BCUT2D eigenvalue weighted by Gasteiger charge is 2.07. The van der Waals surface area contributed by atoms with Gasteiger partial charge in [0.25, 0.3) is 0 Å². The molecule has 2 aromatic rings. The molecule has 0 saturated carbocycles. The van der Waals surface area contributed by atoms with Crippen molar-refractivity contribution in [1.82, 2.24) is 15.5 Å². The zero-order chi connectivity index (χ0) is 13.7. The summed E-state index contributed by atoms with van der Waals surface area (Å²) in [7, 11) is 0. The fraction of sp³-hybridized carbons (Fsp3) is 0.429. The van der Waals surface area contributed by atoms with Crippen molar-refractivity contribution < 1.29 is 9.63 Å². The summed E-state index contributed by atoms with van der Waals surface area (Å²) < 4.78 is 5.17. The molecule has 0 unspecified atom stereocenters. The van der Waals surface area contributed by atoms with Crippen LogP contribution in [0.3, 0.4) is 0 Å². The minimum atomic E-state index is 0.260. The molecule has 5 heteroatoms. The number of phenolic OH excluding ortho intramolecular Hbond substituents is 1. The Morgan fingerprint density at radius 1 is 1.26 bits per heavy atom. The lowest BCUT2D eigenvalue weighted by atomic mass is 10.1. The first-order valence-corrected chi connectivity index (χ1v) is 6.43. The molecule has 1 heterocycles. The van der Waals surface area contributed by atoms with Gasteiger partial charge in [-0.25, -0.2) is 0 Å². The second-order valence-electron chi connectivity index (χ2n) is 4.97. The summed E-state index contributed by atoms with van der Waals surface area (Å²) in [6.45, 7) is 5.82. The quantitative estimate of drug-likeness (QED) is 0.833. The van der Waals surface area contributed by atoms with Crippen LogP contribution in [-0.2, 0) is 13.0 Å². The molecule has 1 aromatic heterocycles. The lowest BCUT2D eigenvalue weighted by Crippen LogP contribution is -2.19. The maximum Gasteiger partial charge on any atom is 0.240 e. The molecule has 0 fully saturated rings. The first-order chi connectivity index (χ1) is 9.13. The van der Waals surface area contributed by atoms with E-state index in [4.69, 9.17) is 4.52 Å². The Kier molecular flexibility index (Phi) is 4.52. The van der Waals surface area contributed by atoms with Crippen molar-refractivity contribution in [1.29, 1.82) is 0 Å². The minimum absolute atomic E-state index is 0.260. The molecular formula is C14H19N3O2. The van der Waals surface area contributed by atoms with E-state index >= 15 is 0 Å². The van der Waals surface area contributed by atoms with E-state index in [1.54, 1.807) is 12.1 Å². The van der Waals surface area contributed by atoms with Crippen LogP contribution in [0.5, 0.6) is 5.75 Å². The van der Waals surface area contributed by atoms with Crippen LogP contribution >= 0.6 is 0 Å². The molecule has 0 amide bonds. The van der Waals surface area contributed by atoms with Gasteiger partial charge < -0.3 is 14.9 Å². The van der Waals surface area contributed by atoms with Crippen molar-refractivity contribution in [2.24, 2.45) is 5.92 Å². The lowest BCUT2D eigenvalue weighted by molar-refractivity contribution is 0.360. The summed E-state index contributed by atoms with van der Waals surface area (Å²) in [6, 6.07) is 7.01. The number of nitrogens with zero attached hydrogens (tertiary/aromatic N) is 2. The van der Waals surface area contributed by atoms with Crippen LogP contribution < -0.4 is 5.32 Å². The summed E-state index contributed by atoms with van der Waals surface area (Å²) >= 11 is 0. The van der Waals surface area contributed by atoms with Gasteiger partial charge in [-0.1, -0.05) is 31.1 Å². The largest absolute Gasteiger partial charge is 0.508 e. The van der Waals surface area contributed by atoms with E-state index in [0.717, 1.165) is 12.1 Å². The van der Waals surface area contributed by atoms with E-state index in [9.17, 15) is 5.11 Å². The van der Waals surface area contributed by atoms with Crippen molar-refractivity contribution in [2.75, 3.05) is 6.54 Å². The number of nitrogens with one attached hydrogen (secondary N) is 1. The van der Waals surface area contributed by atoms with Gasteiger partial charge in [0.05, 0.1) is 6.54 Å². The predicted molar refractivity (Wildman–Crippen MR) is 71.8 cm³/mol. The number of hydrogen-bond donors (Lipinski definition) is 2. The van der Waals surface area contributed by atoms with Crippen LogP contribution in [0.1, 0.15) is 31.1 Å². The van der Waals surface area contributed by atoms with Crippen LogP contribution in [0.15, 0.2) is 28.8 Å². The fourth-order valence-electron chi connectivity index (χ4n) is 1.70. The summed E-state index contributed by atoms with van der Waals surface area (Å²) in [5, 5.41) is 16.4. The molecule has 2 N–H and O–H groups in total. The van der Waals surface area contributed by atoms with Gasteiger partial charge in [0.1, 0.15) is 5.75 Å². The van der Waals surface area contributed by atoms with Gasteiger partial charge in [-0.05, 0) is 30.2 Å². The van der Waals surface area contributed by atoms with Gasteiger partial charge in [0, 0.05) is 6.42 Å². The van der Waals surface area contributed by atoms with Crippen molar-refractivity contribution in [2.45, 2.75) is 26.8 Å². The highest BCUT2D eigenvalue weighted by atomic mass is 16.5. The first kappa shape index (κ1) is 13.5. The third-order valence-corrected chi connectivity index (χ3v) is 2.64. The smallest absolute Gasteiger partial charge is 0.240 e. The Balaban J connectivity index is 1.88. The number of benzene rings is 1. The molecule has 0 atom stereocenters. The van der Waals surface area contributed by atoms with Crippen LogP contribution in [0.25, 0.3) is 0 Å². The molecule has 0 aliphatic rings. The van der Waals surface area contributed by atoms with Crippen molar-refractivity contribution in [3.63, 3.8) is 0 Å². The number of rotatable bonds is 6. The van der Waals surface area contributed by atoms with E-state index in [1.165, 1.54) is 0 Å². The Morgan fingerprint density at radius 2 is 2.00 bits per heavy atom. The molecule has 1 aromatic carbocycles. The number of aromatic hydroxyl groups is 1. The van der Waals surface area contributed by atoms with Gasteiger partial charge in [-0.3, -0.25) is 0 Å². The molecule has 0 saturated heterocycles. The van der Waals surface area contributed by atoms with E-state index in [2.05, 4.69) is 29.3 Å². The van der Waals surface area contributed by atoms with Gasteiger partial charge in [0.2, 0.25) is 5.89 Å². The molecule has 102 valence electrons. The first-order valence-electron chi connectivity index (χ1n) is 6.43. The molecule has 5 nitrogen and oxygen atoms in total. The normalized spacial score (nSPS) is 11.1. The van der Waals surface area contributed by atoms with Gasteiger partial charge in [-0.2, -0.15) is 4.98 Å². The Morgan fingerprint density at radius 3 is 2.68 bits per heavy atom. The zero-order valence-corrected chi connectivity index (χ0v) is 11.3. The zero-order valence-electron chi connectivity index (χ0n) is 11.3. The van der Waals surface area contributed by atoms with Crippen molar-refractivity contribution in [3.05, 3.63) is 41.5 Å². The maximum atomic E-state index is 9.21. The average molecular weight is 261 g/mol. The molecule has 0 aliphatic carbocycles. The van der Waals surface area contributed by atoms with Crippen LogP contribution in [0.2, 0.25) is 0 Å². The van der Waals surface area contributed by atoms with E-state index in [0.29, 0.717) is 30.6 Å². The average Bonchev–Trinajstić information content (AvgIpc) is 2.79. The SMILES string of the molecule is CC(C)CNCc1nc(Cc2ccc(O)cc2)no1. The Hall–Kier alpha value is -1.88. The van der Waals surface area contributed by atoms with Crippen LogP contribution in [0, 0.1) is 5.92 Å². The maximum absolute atomic E-state index is 9.21. The Labute approximate surface area is 112 Å². The lowest BCUT2D eigenvalue weighted by Gasteiger charge is -2.03. The molecule has 0 aliphatic heterocycles. The standard InChI is InChI=1S/C14H19N3O2/c1-10(2)8-15-9-14-16-13(17-19-14)7-11-3-5-12(18)6-4-11/h3-6,10,15,18H,7-9H2,1-2H3. The highest BCUT2D eigenvalue weighted by Crippen LogP contribution is 2.12. The third-order valence-electron chi connectivity index (χ3n) is 2.64. The second-order valence-corrected chi connectivity index (χ2v) is 4.97. The molecule has 0 bridgehead atoms. The predicted octanol–water partition coefficient (Wildman–Crippen LogP) is 2.11. The van der Waals surface area contributed by atoms with E-state index in [-0.39, 0.29) is 5.75 Å². The summed E-state index contributed by atoms with van der Waals surface area (Å²) in [4.78, 5) is 4.32. The number of phenols is 1. The van der Waals surface area contributed by atoms with Gasteiger partial charge >= 0.3 is 0 Å². The summed E-state index contributed by atoms with van der Waals surface area (Å²) in [5.41, 5.74) is 1.04. The molecular weight excluding hydrogens is 242 g/mol. The monoisotopic (exact) mass is 261 g/mol. The van der Waals surface area contributed by atoms with Gasteiger partial charge in [0.15, 0.2) is 5.82 Å². The number of aromatic nitrogens is 2.